The molecule has 0 atom stereocenters. The second-order valence-electron chi connectivity index (χ2n) is 9.28. The molecule has 5 rings (SSSR count). The third kappa shape index (κ3) is 4.45. The largest absolute Gasteiger partial charge is 0.338 e. The SMILES string of the molecule is CC(C)(C)c1cc(NC(=O)Cc2ccc(-n3cnc4cc(-c5cccnc5)ccc43)cc2)on1. The van der Waals surface area contributed by atoms with Gasteiger partial charge >= 0.3 is 0 Å². The summed E-state index contributed by atoms with van der Waals surface area (Å²) in [7, 11) is 0. The second kappa shape index (κ2) is 8.59. The number of hydrogen-bond donors (Lipinski definition) is 1. The third-order valence-corrected chi connectivity index (χ3v) is 5.66. The Morgan fingerprint density at radius 2 is 1.85 bits per heavy atom. The van der Waals surface area contributed by atoms with E-state index in [2.05, 4.69) is 38.6 Å². The highest BCUT2D eigenvalue weighted by molar-refractivity contribution is 5.91. The molecule has 0 bridgehead atoms. The van der Waals surface area contributed by atoms with Crippen molar-refractivity contribution >= 4 is 22.8 Å². The van der Waals surface area contributed by atoms with Crippen LogP contribution in [0.1, 0.15) is 32.0 Å². The van der Waals surface area contributed by atoms with Gasteiger partial charge in [-0.3, -0.25) is 19.7 Å². The van der Waals surface area contributed by atoms with Gasteiger partial charge < -0.3 is 4.52 Å². The van der Waals surface area contributed by atoms with E-state index in [1.165, 1.54) is 0 Å². The Labute approximate surface area is 197 Å². The summed E-state index contributed by atoms with van der Waals surface area (Å²) in [4.78, 5) is 21.2. The molecular weight excluding hydrogens is 426 g/mol. The number of nitrogens with zero attached hydrogens (tertiary/aromatic N) is 4. The van der Waals surface area contributed by atoms with Gasteiger partial charge in [0.2, 0.25) is 11.8 Å². The van der Waals surface area contributed by atoms with E-state index in [0.29, 0.717) is 5.88 Å². The Morgan fingerprint density at radius 1 is 1.03 bits per heavy atom. The van der Waals surface area contributed by atoms with Crippen LogP contribution in [0.2, 0.25) is 0 Å². The first-order valence-corrected chi connectivity index (χ1v) is 11.1. The molecule has 0 radical (unpaired) electrons. The fourth-order valence-electron chi connectivity index (χ4n) is 3.76. The van der Waals surface area contributed by atoms with Crippen LogP contribution in [-0.4, -0.2) is 25.6 Å². The summed E-state index contributed by atoms with van der Waals surface area (Å²) in [6.07, 6.45) is 5.67. The van der Waals surface area contributed by atoms with Crippen LogP contribution < -0.4 is 5.32 Å². The molecule has 0 spiro atoms. The zero-order valence-corrected chi connectivity index (χ0v) is 19.3. The predicted octanol–water partition coefficient (Wildman–Crippen LogP) is 5.55. The van der Waals surface area contributed by atoms with E-state index in [4.69, 9.17) is 4.52 Å². The van der Waals surface area contributed by atoms with Crippen molar-refractivity contribution in [2.75, 3.05) is 5.32 Å². The maximum atomic E-state index is 12.5. The average molecular weight is 452 g/mol. The molecule has 5 aromatic rings. The number of rotatable bonds is 5. The minimum Gasteiger partial charge on any atom is -0.338 e. The van der Waals surface area contributed by atoms with Gasteiger partial charge in [-0.1, -0.05) is 50.2 Å². The number of carbonyl (C=O) groups is 1. The molecule has 170 valence electrons. The molecule has 0 saturated heterocycles. The van der Waals surface area contributed by atoms with Crippen LogP contribution in [0.5, 0.6) is 0 Å². The van der Waals surface area contributed by atoms with Gasteiger partial charge in [0, 0.05) is 35.1 Å². The van der Waals surface area contributed by atoms with Gasteiger partial charge in [-0.2, -0.15) is 0 Å². The maximum Gasteiger partial charge on any atom is 0.231 e. The van der Waals surface area contributed by atoms with Crippen molar-refractivity contribution < 1.29 is 9.32 Å². The Balaban J connectivity index is 1.29. The van der Waals surface area contributed by atoms with Gasteiger partial charge in [-0.15, -0.1) is 0 Å². The van der Waals surface area contributed by atoms with Gasteiger partial charge in [-0.25, -0.2) is 4.98 Å². The molecule has 0 aliphatic rings. The van der Waals surface area contributed by atoms with Gasteiger partial charge in [0.25, 0.3) is 0 Å². The highest BCUT2D eigenvalue weighted by Crippen LogP contribution is 2.26. The molecule has 1 amide bonds. The molecular formula is C27H25N5O2. The molecule has 3 aromatic heterocycles. The molecule has 0 unspecified atom stereocenters. The zero-order valence-electron chi connectivity index (χ0n) is 19.3. The van der Waals surface area contributed by atoms with Crippen molar-refractivity contribution in [3.63, 3.8) is 0 Å². The van der Waals surface area contributed by atoms with E-state index in [1.54, 1.807) is 12.3 Å². The van der Waals surface area contributed by atoms with Crippen molar-refractivity contribution in [3.8, 4) is 16.8 Å². The molecule has 0 aliphatic carbocycles. The summed E-state index contributed by atoms with van der Waals surface area (Å²) in [5, 5.41) is 6.81. The molecule has 2 aromatic carbocycles. The average Bonchev–Trinajstić information content (AvgIpc) is 3.47. The number of hydrogen-bond acceptors (Lipinski definition) is 5. The smallest absolute Gasteiger partial charge is 0.231 e. The monoisotopic (exact) mass is 451 g/mol. The Kier molecular flexibility index (Phi) is 5.45. The molecule has 34 heavy (non-hydrogen) atoms. The standard InChI is InChI=1S/C27H25N5O2/c1-27(2,3)24-15-26(34-31-24)30-25(33)13-18-6-9-21(10-7-18)32-17-29-22-14-19(8-11-23(22)32)20-5-4-12-28-16-20/h4-12,14-17H,13H2,1-3H3,(H,30,33). The third-order valence-electron chi connectivity index (χ3n) is 5.66. The van der Waals surface area contributed by atoms with Gasteiger partial charge in [0.05, 0.1) is 23.1 Å². The highest BCUT2D eigenvalue weighted by Gasteiger charge is 2.19. The lowest BCUT2D eigenvalue weighted by molar-refractivity contribution is -0.115. The predicted molar refractivity (Wildman–Crippen MR) is 132 cm³/mol. The molecule has 7 heteroatoms. The fourth-order valence-corrected chi connectivity index (χ4v) is 3.76. The topological polar surface area (TPSA) is 85.8 Å². The molecule has 3 heterocycles. The maximum absolute atomic E-state index is 12.5. The van der Waals surface area contributed by atoms with Crippen LogP contribution >= 0.6 is 0 Å². The van der Waals surface area contributed by atoms with Gasteiger partial charge in [-0.05, 0) is 41.5 Å². The lowest BCUT2D eigenvalue weighted by Crippen LogP contribution is -2.14. The van der Waals surface area contributed by atoms with E-state index < -0.39 is 0 Å². The number of carbonyl (C=O) groups excluding carboxylic acids is 1. The number of nitrogens with one attached hydrogen (secondary N) is 1. The van der Waals surface area contributed by atoms with E-state index >= 15 is 0 Å². The number of amides is 1. The van der Waals surface area contributed by atoms with Crippen molar-refractivity contribution in [1.29, 1.82) is 0 Å². The summed E-state index contributed by atoms with van der Waals surface area (Å²) < 4.78 is 7.29. The zero-order chi connectivity index (χ0) is 23.7. The molecule has 1 N–H and O–H groups in total. The number of anilines is 1. The first kappa shape index (κ1) is 21.6. The van der Waals surface area contributed by atoms with Crippen molar-refractivity contribution in [2.45, 2.75) is 32.6 Å². The van der Waals surface area contributed by atoms with Crippen molar-refractivity contribution in [3.05, 3.63) is 90.6 Å². The number of fused-ring (bicyclic) bond motifs is 1. The van der Waals surface area contributed by atoms with Crippen LogP contribution in [0.25, 0.3) is 27.8 Å². The summed E-state index contributed by atoms with van der Waals surface area (Å²) in [6.45, 7) is 6.13. The van der Waals surface area contributed by atoms with E-state index in [1.807, 2.05) is 74.3 Å². The van der Waals surface area contributed by atoms with Crippen molar-refractivity contribution in [1.82, 2.24) is 19.7 Å². The van der Waals surface area contributed by atoms with E-state index in [-0.39, 0.29) is 17.7 Å². The Hall–Kier alpha value is -4.26. The van der Waals surface area contributed by atoms with Gasteiger partial charge in [0.1, 0.15) is 6.33 Å². The minimum atomic E-state index is -0.152. The van der Waals surface area contributed by atoms with Crippen molar-refractivity contribution in [2.24, 2.45) is 0 Å². The normalized spacial score (nSPS) is 11.6. The number of benzene rings is 2. The highest BCUT2D eigenvalue weighted by atomic mass is 16.5. The molecule has 0 saturated carbocycles. The summed E-state index contributed by atoms with van der Waals surface area (Å²) in [5.74, 6) is 0.211. The van der Waals surface area contributed by atoms with E-state index in [9.17, 15) is 4.79 Å². The van der Waals surface area contributed by atoms with Crippen LogP contribution in [0.4, 0.5) is 5.88 Å². The van der Waals surface area contributed by atoms with Crippen LogP contribution in [0.15, 0.2) is 83.9 Å². The summed E-state index contributed by atoms with van der Waals surface area (Å²) >= 11 is 0. The molecule has 0 aliphatic heterocycles. The quantitative estimate of drug-likeness (QED) is 0.378. The lowest BCUT2D eigenvalue weighted by atomic mass is 9.92. The van der Waals surface area contributed by atoms with Crippen LogP contribution in [-0.2, 0) is 16.6 Å². The fraction of sp³-hybridized carbons (Fsp3) is 0.185. The number of imidazole rings is 1. The van der Waals surface area contributed by atoms with E-state index in [0.717, 1.165) is 39.1 Å². The number of pyridine rings is 1. The Morgan fingerprint density at radius 3 is 2.56 bits per heavy atom. The first-order chi connectivity index (χ1) is 16.4. The Bertz CT molecular complexity index is 1440. The second-order valence-corrected chi connectivity index (χ2v) is 9.28. The summed E-state index contributed by atoms with van der Waals surface area (Å²) in [5.41, 5.74) is 6.60. The molecule has 7 nitrogen and oxygen atoms in total. The lowest BCUT2D eigenvalue weighted by Gasteiger charge is -2.12. The minimum absolute atomic E-state index is 0.139. The first-order valence-electron chi connectivity index (χ1n) is 11.1. The van der Waals surface area contributed by atoms with Crippen LogP contribution in [0.3, 0.4) is 0 Å². The molecule has 0 fully saturated rings. The van der Waals surface area contributed by atoms with Gasteiger partial charge in [0.15, 0.2) is 0 Å². The number of aromatic nitrogens is 4. The van der Waals surface area contributed by atoms with Crippen LogP contribution in [0, 0.1) is 0 Å². The summed E-state index contributed by atoms with van der Waals surface area (Å²) in [6, 6.07) is 19.8.